The van der Waals surface area contributed by atoms with Crippen molar-refractivity contribution in [2.75, 3.05) is 0 Å². The van der Waals surface area contributed by atoms with E-state index in [0.717, 1.165) is 31.5 Å². The number of Topliss-reactive ketones (excluding diaryl/α,β-unsaturated/α-hetero) is 1. The molecule has 2 aromatic heterocycles. The molecule has 0 unspecified atom stereocenters. The molecule has 3 rings (SSSR count). The molecule has 0 fully saturated rings. The zero-order valence-corrected chi connectivity index (χ0v) is 12.1. The smallest absolute Gasteiger partial charge is 0.190 e. The predicted molar refractivity (Wildman–Crippen MR) is 77.2 cm³/mol. The molecule has 0 aromatic carbocycles. The van der Waals surface area contributed by atoms with Crippen LogP contribution in [-0.2, 0) is 19.4 Å². The molecule has 0 atom stereocenters. The van der Waals surface area contributed by atoms with Gasteiger partial charge in [0.25, 0.3) is 0 Å². The monoisotopic (exact) mass is 300 g/mol. The number of hydrogen-bond donors (Lipinski definition) is 0. The lowest BCUT2D eigenvalue weighted by Crippen LogP contribution is -2.11. The fourth-order valence-corrected chi connectivity index (χ4v) is 2.81. The predicted octanol–water partition coefficient (Wildman–Crippen LogP) is 2.56. The Bertz CT molecular complexity index is 727. The molecule has 1 aliphatic rings. The van der Waals surface area contributed by atoms with Gasteiger partial charge in [0.1, 0.15) is 11.8 Å². The average molecular weight is 301 g/mol. The fraction of sp³-hybridized carbons (Fsp3) is 0.333. The summed E-state index contributed by atoms with van der Waals surface area (Å²) in [7, 11) is 0. The molecular weight excluding hydrogens is 288 g/mol. The van der Waals surface area contributed by atoms with Gasteiger partial charge in [-0.1, -0.05) is 11.6 Å². The minimum atomic E-state index is -0.140. The minimum Gasteiger partial charge on any atom is -0.292 e. The number of nitriles is 1. The lowest BCUT2D eigenvalue weighted by atomic mass is 10.1. The van der Waals surface area contributed by atoms with E-state index in [2.05, 4.69) is 10.1 Å². The molecule has 21 heavy (non-hydrogen) atoms. The number of halogens is 1. The van der Waals surface area contributed by atoms with Gasteiger partial charge in [-0.25, -0.2) is 0 Å². The second kappa shape index (κ2) is 5.66. The van der Waals surface area contributed by atoms with Crippen molar-refractivity contribution in [1.82, 2.24) is 14.8 Å². The van der Waals surface area contributed by atoms with Crippen molar-refractivity contribution in [3.63, 3.8) is 0 Å². The molecule has 0 saturated heterocycles. The first-order chi connectivity index (χ1) is 10.2. The minimum absolute atomic E-state index is 0.140. The van der Waals surface area contributed by atoms with Gasteiger partial charge < -0.3 is 0 Å². The summed E-state index contributed by atoms with van der Waals surface area (Å²) in [6.45, 7) is 0.817. The molecule has 0 spiro atoms. The van der Waals surface area contributed by atoms with Crippen molar-refractivity contribution < 1.29 is 4.79 Å². The number of rotatable bonds is 3. The van der Waals surface area contributed by atoms with Crippen LogP contribution >= 0.6 is 11.6 Å². The molecule has 0 amide bonds. The number of pyridine rings is 1. The van der Waals surface area contributed by atoms with Crippen molar-refractivity contribution >= 4 is 17.4 Å². The third kappa shape index (κ3) is 2.67. The molecule has 106 valence electrons. The van der Waals surface area contributed by atoms with Gasteiger partial charge in [0.05, 0.1) is 22.7 Å². The number of aromatic nitrogens is 3. The number of hydrogen-bond acceptors (Lipinski definition) is 4. The summed E-state index contributed by atoms with van der Waals surface area (Å²) >= 11 is 6.28. The second-order valence-electron chi connectivity index (χ2n) is 5.04. The van der Waals surface area contributed by atoms with Gasteiger partial charge in [-0.2, -0.15) is 10.4 Å². The Hall–Kier alpha value is -2.19. The first-order valence-electron chi connectivity index (χ1n) is 6.82. The van der Waals surface area contributed by atoms with E-state index >= 15 is 0 Å². The highest BCUT2D eigenvalue weighted by molar-refractivity contribution is 6.34. The summed E-state index contributed by atoms with van der Waals surface area (Å²) in [6.07, 6.45) is 4.62. The molecule has 0 saturated carbocycles. The van der Waals surface area contributed by atoms with Gasteiger partial charge in [0.15, 0.2) is 5.78 Å². The van der Waals surface area contributed by atoms with Crippen molar-refractivity contribution in [2.45, 2.75) is 32.2 Å². The standard InChI is InChI=1S/C15H13ClN4O/c16-14-12-3-1-2-6-20(12)19-15(14)13(21)7-11-5-4-10(8-17)9-18-11/h4-5,9H,1-3,6-7H2. The van der Waals surface area contributed by atoms with Crippen molar-refractivity contribution in [3.8, 4) is 6.07 Å². The zero-order valence-electron chi connectivity index (χ0n) is 11.3. The normalized spacial score (nSPS) is 13.5. The molecule has 0 bridgehead atoms. The molecule has 0 N–H and O–H groups in total. The number of carbonyl (C=O) groups excluding carboxylic acids is 1. The van der Waals surface area contributed by atoms with E-state index in [4.69, 9.17) is 16.9 Å². The Kier molecular flexibility index (Phi) is 3.72. The largest absolute Gasteiger partial charge is 0.292 e. The number of fused-ring (bicyclic) bond motifs is 1. The first-order valence-corrected chi connectivity index (χ1v) is 7.20. The third-order valence-electron chi connectivity index (χ3n) is 3.59. The van der Waals surface area contributed by atoms with Crippen LogP contribution in [0.5, 0.6) is 0 Å². The maximum Gasteiger partial charge on any atom is 0.190 e. The van der Waals surface area contributed by atoms with Crippen molar-refractivity contribution in [2.24, 2.45) is 0 Å². The molecule has 6 heteroatoms. The maximum absolute atomic E-state index is 12.3. The highest BCUT2D eigenvalue weighted by atomic mass is 35.5. The quantitative estimate of drug-likeness (QED) is 0.817. The number of carbonyl (C=O) groups is 1. The fourth-order valence-electron chi connectivity index (χ4n) is 2.47. The van der Waals surface area contributed by atoms with E-state index in [1.807, 2.05) is 10.8 Å². The summed E-state index contributed by atoms with van der Waals surface area (Å²) < 4.78 is 1.84. The van der Waals surface area contributed by atoms with E-state index < -0.39 is 0 Å². The SMILES string of the molecule is N#Cc1ccc(CC(=O)c2nn3c(c2Cl)CCCC3)nc1. The lowest BCUT2D eigenvalue weighted by molar-refractivity contribution is 0.0986. The van der Waals surface area contributed by atoms with E-state index in [0.29, 0.717) is 22.0 Å². The lowest BCUT2D eigenvalue weighted by Gasteiger charge is -2.12. The van der Waals surface area contributed by atoms with E-state index in [9.17, 15) is 4.79 Å². The Balaban J connectivity index is 1.82. The van der Waals surface area contributed by atoms with Gasteiger partial charge in [0.2, 0.25) is 0 Å². The molecule has 1 aliphatic heterocycles. The van der Waals surface area contributed by atoms with E-state index in [-0.39, 0.29) is 12.2 Å². The first kappa shape index (κ1) is 13.8. The molecule has 0 radical (unpaired) electrons. The van der Waals surface area contributed by atoms with Crippen molar-refractivity contribution in [1.29, 1.82) is 5.26 Å². The van der Waals surface area contributed by atoms with E-state index in [1.54, 1.807) is 12.1 Å². The highest BCUT2D eigenvalue weighted by Gasteiger charge is 2.23. The Morgan fingerprint density at radius 2 is 2.29 bits per heavy atom. The van der Waals surface area contributed by atoms with Crippen LogP contribution in [0.1, 0.15) is 40.3 Å². The van der Waals surface area contributed by atoms with Gasteiger partial charge in [-0.3, -0.25) is 14.5 Å². The summed E-state index contributed by atoms with van der Waals surface area (Å²) in [4.78, 5) is 16.4. The van der Waals surface area contributed by atoms with Crippen LogP contribution in [0.4, 0.5) is 0 Å². The number of nitrogens with zero attached hydrogens (tertiary/aromatic N) is 4. The number of aryl methyl sites for hydroxylation is 1. The van der Waals surface area contributed by atoms with Gasteiger partial charge in [0, 0.05) is 18.4 Å². The maximum atomic E-state index is 12.3. The van der Waals surface area contributed by atoms with Crippen LogP contribution in [0.3, 0.4) is 0 Å². The van der Waals surface area contributed by atoms with Crippen LogP contribution in [0.2, 0.25) is 5.02 Å². The molecule has 2 aromatic rings. The van der Waals surface area contributed by atoms with Gasteiger partial charge in [-0.05, 0) is 31.4 Å². The topological polar surface area (TPSA) is 71.6 Å². The summed E-state index contributed by atoms with van der Waals surface area (Å²) in [5.41, 5.74) is 2.38. The van der Waals surface area contributed by atoms with Crippen LogP contribution < -0.4 is 0 Å². The van der Waals surface area contributed by atoms with Crippen LogP contribution in [0.25, 0.3) is 0 Å². The average Bonchev–Trinajstić information content (AvgIpc) is 2.86. The summed E-state index contributed by atoms with van der Waals surface area (Å²) in [5.74, 6) is -0.140. The highest BCUT2D eigenvalue weighted by Crippen LogP contribution is 2.26. The van der Waals surface area contributed by atoms with Crippen LogP contribution in [0, 0.1) is 11.3 Å². The molecule has 0 aliphatic carbocycles. The van der Waals surface area contributed by atoms with Crippen molar-refractivity contribution in [3.05, 3.63) is 46.0 Å². The summed E-state index contributed by atoms with van der Waals surface area (Å²) in [6, 6.07) is 5.33. The van der Waals surface area contributed by atoms with Gasteiger partial charge >= 0.3 is 0 Å². The molecule has 5 nitrogen and oxygen atoms in total. The summed E-state index contributed by atoms with van der Waals surface area (Å²) in [5, 5.41) is 13.5. The second-order valence-corrected chi connectivity index (χ2v) is 5.42. The molecular formula is C15H13ClN4O. The zero-order chi connectivity index (χ0) is 14.8. The van der Waals surface area contributed by atoms with Gasteiger partial charge in [-0.15, -0.1) is 0 Å². The Morgan fingerprint density at radius 1 is 1.43 bits per heavy atom. The van der Waals surface area contributed by atoms with Crippen LogP contribution in [0.15, 0.2) is 18.3 Å². The number of ketones is 1. The van der Waals surface area contributed by atoms with Crippen LogP contribution in [-0.4, -0.2) is 20.5 Å². The molecule has 3 heterocycles. The Labute approximate surface area is 127 Å². The Morgan fingerprint density at radius 3 is 2.95 bits per heavy atom. The third-order valence-corrected chi connectivity index (χ3v) is 3.98. The van der Waals surface area contributed by atoms with E-state index in [1.165, 1.54) is 6.20 Å².